The van der Waals surface area contributed by atoms with Crippen molar-refractivity contribution in [2.75, 3.05) is 19.5 Å². The number of rotatable bonds is 7. The summed E-state index contributed by atoms with van der Waals surface area (Å²) >= 11 is 0. The number of carbonyl (C=O) groups is 1. The van der Waals surface area contributed by atoms with Gasteiger partial charge in [-0.15, -0.1) is 0 Å². The van der Waals surface area contributed by atoms with Crippen LogP contribution in [0.25, 0.3) is 0 Å². The molecule has 3 rings (SSSR count). The molecule has 27 heavy (non-hydrogen) atoms. The molecule has 7 nitrogen and oxygen atoms in total. The number of methoxy groups -OCH3 is 1. The van der Waals surface area contributed by atoms with E-state index in [4.69, 9.17) is 20.9 Å². The first-order chi connectivity index (χ1) is 13.1. The van der Waals surface area contributed by atoms with Gasteiger partial charge in [0.05, 0.1) is 19.4 Å². The van der Waals surface area contributed by atoms with Crippen LogP contribution in [-0.2, 0) is 6.42 Å². The van der Waals surface area contributed by atoms with Gasteiger partial charge in [0.15, 0.2) is 0 Å². The lowest BCUT2D eigenvalue weighted by atomic mass is 9.90. The van der Waals surface area contributed by atoms with Gasteiger partial charge in [0.25, 0.3) is 5.91 Å². The number of nitrogens with two attached hydrogens (primary N) is 2. The summed E-state index contributed by atoms with van der Waals surface area (Å²) in [5.74, 6) is 0.872. The van der Waals surface area contributed by atoms with E-state index < -0.39 is 5.91 Å². The third-order valence-electron chi connectivity index (χ3n) is 4.93. The Morgan fingerprint density at radius 2 is 1.85 bits per heavy atom. The van der Waals surface area contributed by atoms with Gasteiger partial charge in [-0.1, -0.05) is 31.4 Å². The average Bonchev–Trinajstić information content (AvgIpc) is 2.67. The molecule has 4 N–H and O–H groups in total. The third kappa shape index (κ3) is 4.87. The summed E-state index contributed by atoms with van der Waals surface area (Å²) in [6.45, 7) is 0.513. The van der Waals surface area contributed by atoms with Gasteiger partial charge in [-0.25, -0.2) is 4.98 Å². The molecule has 144 valence electrons. The van der Waals surface area contributed by atoms with Crippen LogP contribution in [0, 0.1) is 5.92 Å². The number of aromatic nitrogens is 2. The van der Waals surface area contributed by atoms with Crippen molar-refractivity contribution in [2.45, 2.75) is 38.5 Å². The molecule has 1 aliphatic rings. The lowest BCUT2D eigenvalue weighted by Gasteiger charge is -2.22. The molecular formula is C20H26N4O3. The Labute approximate surface area is 159 Å². The Balaban J connectivity index is 1.83. The standard InChI is InChI=1S/C20H26N4O3/c1-26-15-9-7-13(8-10-15)11-16-17(18(21)25)19(24-20(22)23-16)27-12-14-5-3-2-4-6-14/h7-10,14H,2-6,11-12H2,1H3,(H2,21,25)(H2,22,23,24). The zero-order chi connectivity index (χ0) is 19.2. The zero-order valence-electron chi connectivity index (χ0n) is 15.6. The van der Waals surface area contributed by atoms with E-state index in [2.05, 4.69) is 9.97 Å². The number of anilines is 1. The van der Waals surface area contributed by atoms with E-state index in [0.29, 0.717) is 24.6 Å². The van der Waals surface area contributed by atoms with Gasteiger partial charge in [-0.05, 0) is 36.5 Å². The molecule has 0 spiro atoms. The first kappa shape index (κ1) is 18.9. The molecule has 1 fully saturated rings. The summed E-state index contributed by atoms with van der Waals surface area (Å²) in [6.07, 6.45) is 6.36. The molecule has 0 atom stereocenters. The fourth-order valence-electron chi connectivity index (χ4n) is 3.47. The minimum atomic E-state index is -0.614. The van der Waals surface area contributed by atoms with Gasteiger partial charge < -0.3 is 20.9 Å². The van der Waals surface area contributed by atoms with Gasteiger partial charge in [-0.2, -0.15) is 4.98 Å². The van der Waals surface area contributed by atoms with Crippen LogP contribution in [0.5, 0.6) is 11.6 Å². The largest absolute Gasteiger partial charge is 0.497 e. The number of primary amides is 1. The van der Waals surface area contributed by atoms with E-state index in [1.54, 1.807) is 7.11 Å². The Bertz CT molecular complexity index is 787. The fourth-order valence-corrected chi connectivity index (χ4v) is 3.47. The van der Waals surface area contributed by atoms with Gasteiger partial charge >= 0.3 is 0 Å². The summed E-state index contributed by atoms with van der Waals surface area (Å²) in [5.41, 5.74) is 13.1. The second-order valence-corrected chi connectivity index (χ2v) is 6.91. The second kappa shape index (κ2) is 8.70. The van der Waals surface area contributed by atoms with Gasteiger partial charge in [0.2, 0.25) is 11.8 Å². The maximum atomic E-state index is 12.1. The Kier molecular flexibility index (Phi) is 6.11. The molecule has 0 aliphatic heterocycles. The molecule has 2 aromatic rings. The normalized spacial score (nSPS) is 14.7. The number of carbonyl (C=O) groups excluding carboxylic acids is 1. The van der Waals surface area contributed by atoms with E-state index in [-0.39, 0.29) is 17.4 Å². The molecule has 0 unspecified atom stereocenters. The minimum Gasteiger partial charge on any atom is -0.497 e. The topological polar surface area (TPSA) is 113 Å². The summed E-state index contributed by atoms with van der Waals surface area (Å²) in [6, 6.07) is 7.52. The summed E-state index contributed by atoms with van der Waals surface area (Å²) in [4.78, 5) is 20.5. The van der Waals surface area contributed by atoms with Crippen LogP contribution in [0.2, 0.25) is 0 Å². The number of nitrogens with zero attached hydrogens (tertiary/aromatic N) is 2. The van der Waals surface area contributed by atoms with Gasteiger partial charge in [-0.3, -0.25) is 4.79 Å². The number of hydrogen-bond donors (Lipinski definition) is 2. The molecule has 1 aromatic carbocycles. The predicted molar refractivity (Wildman–Crippen MR) is 103 cm³/mol. The van der Waals surface area contributed by atoms with Crippen LogP contribution in [0.3, 0.4) is 0 Å². The predicted octanol–water partition coefficient (Wildman–Crippen LogP) is 2.72. The number of amides is 1. The molecule has 7 heteroatoms. The second-order valence-electron chi connectivity index (χ2n) is 6.91. The van der Waals surface area contributed by atoms with Gasteiger partial charge in [0.1, 0.15) is 11.3 Å². The minimum absolute atomic E-state index is 0.0714. The van der Waals surface area contributed by atoms with Crippen molar-refractivity contribution >= 4 is 11.9 Å². The van der Waals surface area contributed by atoms with Crippen molar-refractivity contribution in [2.24, 2.45) is 11.7 Å². The Hall–Kier alpha value is -2.83. The lowest BCUT2D eigenvalue weighted by molar-refractivity contribution is 0.0991. The SMILES string of the molecule is COc1ccc(Cc2nc(N)nc(OCC3CCCCC3)c2C(N)=O)cc1. The number of ether oxygens (including phenoxy) is 2. The molecular weight excluding hydrogens is 344 g/mol. The van der Waals surface area contributed by atoms with E-state index in [9.17, 15) is 4.79 Å². The highest BCUT2D eigenvalue weighted by Gasteiger charge is 2.22. The van der Waals surface area contributed by atoms with E-state index in [0.717, 1.165) is 24.2 Å². The summed E-state index contributed by atoms with van der Waals surface area (Å²) < 4.78 is 11.1. The van der Waals surface area contributed by atoms with Crippen LogP contribution in [-0.4, -0.2) is 29.6 Å². The first-order valence-electron chi connectivity index (χ1n) is 9.28. The lowest BCUT2D eigenvalue weighted by Crippen LogP contribution is -2.22. The summed E-state index contributed by atoms with van der Waals surface area (Å²) in [5, 5.41) is 0. The molecule has 0 bridgehead atoms. The smallest absolute Gasteiger partial charge is 0.256 e. The zero-order valence-corrected chi connectivity index (χ0v) is 15.6. The highest BCUT2D eigenvalue weighted by Crippen LogP contribution is 2.27. The van der Waals surface area contributed by atoms with Crippen LogP contribution in [0.1, 0.15) is 53.7 Å². The maximum Gasteiger partial charge on any atom is 0.256 e. The molecule has 0 saturated heterocycles. The van der Waals surface area contributed by atoms with E-state index in [1.165, 1.54) is 19.3 Å². The quantitative estimate of drug-likeness (QED) is 0.775. The molecule has 1 aliphatic carbocycles. The average molecular weight is 370 g/mol. The highest BCUT2D eigenvalue weighted by molar-refractivity contribution is 5.96. The van der Waals surface area contributed by atoms with E-state index in [1.807, 2.05) is 24.3 Å². The van der Waals surface area contributed by atoms with Crippen molar-refractivity contribution in [3.8, 4) is 11.6 Å². The van der Waals surface area contributed by atoms with Crippen molar-refractivity contribution in [3.05, 3.63) is 41.1 Å². The summed E-state index contributed by atoms with van der Waals surface area (Å²) in [7, 11) is 1.61. The molecule has 1 heterocycles. The van der Waals surface area contributed by atoms with Crippen LogP contribution in [0.15, 0.2) is 24.3 Å². The highest BCUT2D eigenvalue weighted by atomic mass is 16.5. The third-order valence-corrected chi connectivity index (χ3v) is 4.93. The number of nitrogen functional groups attached to an aromatic ring is 1. The molecule has 1 saturated carbocycles. The van der Waals surface area contributed by atoms with Crippen LogP contribution < -0.4 is 20.9 Å². The first-order valence-corrected chi connectivity index (χ1v) is 9.28. The molecule has 1 amide bonds. The van der Waals surface area contributed by atoms with Crippen molar-refractivity contribution in [1.29, 1.82) is 0 Å². The molecule has 1 aromatic heterocycles. The monoisotopic (exact) mass is 370 g/mol. The van der Waals surface area contributed by atoms with Crippen molar-refractivity contribution < 1.29 is 14.3 Å². The van der Waals surface area contributed by atoms with Crippen LogP contribution >= 0.6 is 0 Å². The van der Waals surface area contributed by atoms with Crippen LogP contribution in [0.4, 0.5) is 5.95 Å². The van der Waals surface area contributed by atoms with Crippen molar-refractivity contribution in [1.82, 2.24) is 9.97 Å². The fraction of sp³-hybridized carbons (Fsp3) is 0.450. The molecule has 0 radical (unpaired) electrons. The van der Waals surface area contributed by atoms with Gasteiger partial charge in [0, 0.05) is 6.42 Å². The Morgan fingerprint density at radius 3 is 2.48 bits per heavy atom. The number of benzene rings is 1. The Morgan fingerprint density at radius 1 is 1.15 bits per heavy atom. The number of hydrogen-bond acceptors (Lipinski definition) is 6. The maximum absolute atomic E-state index is 12.1. The van der Waals surface area contributed by atoms with E-state index >= 15 is 0 Å². The van der Waals surface area contributed by atoms with Crippen molar-refractivity contribution in [3.63, 3.8) is 0 Å².